The molecule has 1 aromatic carbocycles. The minimum atomic E-state index is -0.510. The van der Waals surface area contributed by atoms with Crippen LogP contribution in [0, 0.1) is 17.0 Å². The number of halogens is 1. The van der Waals surface area contributed by atoms with Crippen LogP contribution in [0.3, 0.4) is 0 Å². The number of hydrogen-bond donors (Lipinski definition) is 1. The van der Waals surface area contributed by atoms with E-state index >= 15 is 0 Å². The molecule has 1 aliphatic heterocycles. The SMILES string of the molecule is Cc1cc([N+](=O)[O-])cc(Cl)c1NCCN1C(=O)CCC1=O. The fourth-order valence-corrected chi connectivity index (χ4v) is 2.55. The van der Waals surface area contributed by atoms with Crippen LogP contribution in [0.25, 0.3) is 0 Å². The number of carbonyl (C=O) groups is 2. The Morgan fingerprint density at radius 1 is 1.33 bits per heavy atom. The van der Waals surface area contributed by atoms with Crippen molar-refractivity contribution in [2.75, 3.05) is 18.4 Å². The third-order valence-corrected chi connectivity index (χ3v) is 3.57. The average molecular weight is 312 g/mol. The number of nitrogens with one attached hydrogen (secondary N) is 1. The second-order valence-corrected chi connectivity index (χ2v) is 5.15. The number of carbonyl (C=O) groups excluding carboxylic acids is 2. The van der Waals surface area contributed by atoms with E-state index < -0.39 is 4.92 Å². The van der Waals surface area contributed by atoms with Gasteiger partial charge < -0.3 is 5.32 Å². The molecule has 0 saturated carbocycles. The molecule has 1 saturated heterocycles. The quantitative estimate of drug-likeness (QED) is 0.511. The highest BCUT2D eigenvalue weighted by Crippen LogP contribution is 2.30. The molecule has 0 radical (unpaired) electrons. The number of nitrogens with zero attached hydrogens (tertiary/aromatic N) is 2. The zero-order valence-corrected chi connectivity index (χ0v) is 12.1. The molecule has 112 valence electrons. The molecule has 1 N–H and O–H groups in total. The van der Waals surface area contributed by atoms with Crippen LogP contribution in [0.15, 0.2) is 12.1 Å². The largest absolute Gasteiger partial charge is 0.382 e. The number of rotatable bonds is 5. The molecule has 7 nitrogen and oxygen atoms in total. The van der Waals surface area contributed by atoms with Crippen LogP contribution < -0.4 is 5.32 Å². The molecule has 8 heteroatoms. The number of hydrogen-bond acceptors (Lipinski definition) is 5. The fourth-order valence-electron chi connectivity index (χ4n) is 2.22. The van der Waals surface area contributed by atoms with E-state index in [0.717, 1.165) is 0 Å². The van der Waals surface area contributed by atoms with Gasteiger partial charge in [0.25, 0.3) is 5.69 Å². The van der Waals surface area contributed by atoms with Crippen LogP contribution >= 0.6 is 11.6 Å². The molecule has 0 atom stereocenters. The van der Waals surface area contributed by atoms with Gasteiger partial charge in [-0.2, -0.15) is 0 Å². The van der Waals surface area contributed by atoms with Crippen molar-refractivity contribution in [3.05, 3.63) is 32.8 Å². The van der Waals surface area contributed by atoms with E-state index in [4.69, 9.17) is 11.6 Å². The zero-order valence-electron chi connectivity index (χ0n) is 11.4. The predicted molar refractivity (Wildman–Crippen MR) is 77.3 cm³/mol. The van der Waals surface area contributed by atoms with Gasteiger partial charge in [-0.05, 0) is 12.5 Å². The maximum atomic E-state index is 11.5. The molecule has 1 aliphatic rings. The summed E-state index contributed by atoms with van der Waals surface area (Å²) in [6.45, 7) is 2.30. The Balaban J connectivity index is 2.02. The molecule has 2 rings (SSSR count). The predicted octanol–water partition coefficient (Wildman–Crippen LogP) is 2.12. The number of amides is 2. The van der Waals surface area contributed by atoms with Crippen molar-refractivity contribution in [2.24, 2.45) is 0 Å². The lowest BCUT2D eigenvalue weighted by atomic mass is 10.1. The van der Waals surface area contributed by atoms with E-state index in [1.54, 1.807) is 6.92 Å². The lowest BCUT2D eigenvalue weighted by molar-refractivity contribution is -0.384. The van der Waals surface area contributed by atoms with Crippen molar-refractivity contribution < 1.29 is 14.5 Å². The van der Waals surface area contributed by atoms with Crippen LogP contribution in [0.2, 0.25) is 5.02 Å². The molecular formula is C13H14ClN3O4. The van der Waals surface area contributed by atoms with Gasteiger partial charge in [0.2, 0.25) is 11.8 Å². The highest BCUT2D eigenvalue weighted by atomic mass is 35.5. The number of nitro benzene ring substituents is 1. The summed E-state index contributed by atoms with van der Waals surface area (Å²) in [6, 6.07) is 2.68. The van der Waals surface area contributed by atoms with Gasteiger partial charge in [-0.25, -0.2) is 0 Å². The van der Waals surface area contributed by atoms with Crippen molar-refractivity contribution in [3.8, 4) is 0 Å². The van der Waals surface area contributed by atoms with Crippen LogP contribution in [0.4, 0.5) is 11.4 Å². The van der Waals surface area contributed by atoms with Gasteiger partial charge in [0.1, 0.15) is 0 Å². The van der Waals surface area contributed by atoms with Gasteiger partial charge >= 0.3 is 0 Å². The number of likely N-dealkylation sites (tertiary alicyclic amines) is 1. The second kappa shape index (κ2) is 6.09. The zero-order chi connectivity index (χ0) is 15.6. The summed E-state index contributed by atoms with van der Waals surface area (Å²) in [4.78, 5) is 34.3. The number of non-ortho nitro benzene ring substituents is 1. The van der Waals surface area contributed by atoms with Crippen LogP contribution in [-0.2, 0) is 9.59 Å². The molecular weight excluding hydrogens is 298 g/mol. The number of benzene rings is 1. The second-order valence-electron chi connectivity index (χ2n) is 4.74. The van der Waals surface area contributed by atoms with E-state index in [0.29, 0.717) is 17.8 Å². The standard InChI is InChI=1S/C13H14ClN3O4/c1-8-6-9(17(20)21)7-10(14)13(8)15-4-5-16-11(18)2-3-12(16)19/h6-7,15H,2-5H2,1H3. The lowest BCUT2D eigenvalue weighted by Gasteiger charge is -2.16. The summed E-state index contributed by atoms with van der Waals surface area (Å²) >= 11 is 6.02. The summed E-state index contributed by atoms with van der Waals surface area (Å²) in [6.07, 6.45) is 0.520. The van der Waals surface area contributed by atoms with Crippen molar-refractivity contribution in [3.63, 3.8) is 0 Å². The summed E-state index contributed by atoms with van der Waals surface area (Å²) in [7, 11) is 0. The Bertz CT molecular complexity index is 578. The monoisotopic (exact) mass is 311 g/mol. The van der Waals surface area contributed by atoms with E-state index in [1.165, 1.54) is 17.0 Å². The van der Waals surface area contributed by atoms with E-state index in [2.05, 4.69) is 5.32 Å². The molecule has 0 aliphatic carbocycles. The summed E-state index contributed by atoms with van der Waals surface area (Å²) in [5.41, 5.74) is 1.13. The third-order valence-electron chi connectivity index (χ3n) is 3.28. The first-order chi connectivity index (χ1) is 9.90. The molecule has 0 unspecified atom stereocenters. The molecule has 21 heavy (non-hydrogen) atoms. The Morgan fingerprint density at radius 2 is 1.95 bits per heavy atom. The first-order valence-electron chi connectivity index (χ1n) is 6.41. The maximum Gasteiger partial charge on any atom is 0.271 e. The first-order valence-corrected chi connectivity index (χ1v) is 6.79. The van der Waals surface area contributed by atoms with Crippen LogP contribution in [0.1, 0.15) is 18.4 Å². The summed E-state index contributed by atoms with van der Waals surface area (Å²) in [5.74, 6) is -0.346. The molecule has 0 spiro atoms. The summed E-state index contributed by atoms with van der Waals surface area (Å²) in [5, 5.41) is 14.0. The molecule has 0 aromatic heterocycles. The van der Waals surface area contributed by atoms with E-state index in [1.807, 2.05) is 0 Å². The van der Waals surface area contributed by atoms with Gasteiger partial charge in [0, 0.05) is 38.1 Å². The van der Waals surface area contributed by atoms with E-state index in [-0.39, 0.29) is 41.9 Å². The number of aryl methyl sites for hydroxylation is 1. The van der Waals surface area contributed by atoms with Gasteiger partial charge in [0.05, 0.1) is 15.6 Å². The molecule has 2 amide bonds. The fraction of sp³-hybridized carbons (Fsp3) is 0.385. The number of imide groups is 1. The highest BCUT2D eigenvalue weighted by Gasteiger charge is 2.28. The first kappa shape index (κ1) is 15.2. The Hall–Kier alpha value is -2.15. The number of anilines is 1. The smallest absolute Gasteiger partial charge is 0.271 e. The molecule has 1 fully saturated rings. The lowest BCUT2D eigenvalue weighted by Crippen LogP contribution is -2.33. The van der Waals surface area contributed by atoms with Gasteiger partial charge in [0.15, 0.2) is 0 Å². The van der Waals surface area contributed by atoms with Crippen molar-refractivity contribution in [1.82, 2.24) is 4.90 Å². The minimum absolute atomic E-state index is 0.0760. The highest BCUT2D eigenvalue weighted by molar-refractivity contribution is 6.33. The average Bonchev–Trinajstić information content (AvgIpc) is 2.72. The third kappa shape index (κ3) is 3.30. The van der Waals surface area contributed by atoms with Crippen molar-refractivity contribution in [1.29, 1.82) is 0 Å². The topological polar surface area (TPSA) is 92.6 Å². The summed E-state index contributed by atoms with van der Waals surface area (Å²) < 4.78 is 0. The Morgan fingerprint density at radius 3 is 2.48 bits per heavy atom. The molecule has 1 aromatic rings. The normalized spacial score (nSPS) is 14.7. The molecule has 0 bridgehead atoms. The van der Waals surface area contributed by atoms with Gasteiger partial charge in [-0.1, -0.05) is 11.6 Å². The van der Waals surface area contributed by atoms with Crippen molar-refractivity contribution >= 4 is 34.8 Å². The minimum Gasteiger partial charge on any atom is -0.382 e. The van der Waals surface area contributed by atoms with E-state index in [9.17, 15) is 19.7 Å². The van der Waals surface area contributed by atoms with Crippen molar-refractivity contribution in [2.45, 2.75) is 19.8 Å². The molecule has 1 heterocycles. The van der Waals surface area contributed by atoms with Gasteiger partial charge in [-0.3, -0.25) is 24.6 Å². The van der Waals surface area contributed by atoms with Crippen LogP contribution in [-0.4, -0.2) is 34.7 Å². The number of nitro groups is 1. The van der Waals surface area contributed by atoms with Crippen LogP contribution in [0.5, 0.6) is 0 Å². The van der Waals surface area contributed by atoms with Gasteiger partial charge in [-0.15, -0.1) is 0 Å². The Labute approximate surface area is 126 Å². The Kier molecular flexibility index (Phi) is 4.42. The maximum absolute atomic E-state index is 11.5.